The minimum atomic E-state index is -0.189. The van der Waals surface area contributed by atoms with Crippen LogP contribution in [-0.2, 0) is 17.2 Å². The molecule has 3 rings (SSSR count). The SMILES string of the molecule is CC(SCc1ccccc1)C(=O)NN=Cc1ccc(OCc2ccc(Cl)cc2)cc1. The van der Waals surface area contributed by atoms with Gasteiger partial charge in [-0.15, -0.1) is 11.8 Å². The fourth-order valence-electron chi connectivity index (χ4n) is 2.53. The second-order valence-electron chi connectivity index (χ2n) is 6.66. The first-order chi connectivity index (χ1) is 14.6. The van der Waals surface area contributed by atoms with E-state index in [0.717, 1.165) is 22.6 Å². The molecule has 3 aromatic rings. The second-order valence-corrected chi connectivity index (χ2v) is 8.42. The average Bonchev–Trinajstić information content (AvgIpc) is 2.78. The lowest BCUT2D eigenvalue weighted by Crippen LogP contribution is -2.26. The minimum Gasteiger partial charge on any atom is -0.489 e. The average molecular weight is 439 g/mol. The van der Waals surface area contributed by atoms with Gasteiger partial charge in [0.2, 0.25) is 0 Å². The van der Waals surface area contributed by atoms with Crippen molar-refractivity contribution >= 4 is 35.5 Å². The Morgan fingerprint density at radius 1 is 1.03 bits per heavy atom. The lowest BCUT2D eigenvalue weighted by atomic mass is 10.2. The monoisotopic (exact) mass is 438 g/mol. The number of nitrogens with zero attached hydrogens (tertiary/aromatic N) is 1. The maximum Gasteiger partial charge on any atom is 0.252 e. The van der Waals surface area contributed by atoms with Gasteiger partial charge in [-0.3, -0.25) is 4.79 Å². The van der Waals surface area contributed by atoms with E-state index in [9.17, 15) is 4.79 Å². The number of hydrogen-bond donors (Lipinski definition) is 1. The van der Waals surface area contributed by atoms with E-state index >= 15 is 0 Å². The van der Waals surface area contributed by atoms with Crippen molar-refractivity contribution in [2.24, 2.45) is 5.10 Å². The molecule has 4 nitrogen and oxygen atoms in total. The highest BCUT2D eigenvalue weighted by Gasteiger charge is 2.12. The van der Waals surface area contributed by atoms with E-state index in [4.69, 9.17) is 16.3 Å². The van der Waals surface area contributed by atoms with E-state index in [2.05, 4.69) is 22.7 Å². The molecule has 0 radical (unpaired) electrons. The van der Waals surface area contributed by atoms with E-state index in [-0.39, 0.29) is 11.2 Å². The van der Waals surface area contributed by atoms with Gasteiger partial charge in [0.05, 0.1) is 11.5 Å². The number of benzene rings is 3. The molecule has 1 amide bonds. The predicted molar refractivity (Wildman–Crippen MR) is 125 cm³/mol. The number of hydrogen-bond acceptors (Lipinski definition) is 4. The van der Waals surface area contributed by atoms with Crippen LogP contribution in [0.2, 0.25) is 5.02 Å². The van der Waals surface area contributed by atoms with Crippen molar-refractivity contribution in [2.45, 2.75) is 24.5 Å². The molecule has 0 aromatic heterocycles. The van der Waals surface area contributed by atoms with Crippen molar-refractivity contribution < 1.29 is 9.53 Å². The molecule has 3 aromatic carbocycles. The van der Waals surface area contributed by atoms with Crippen molar-refractivity contribution in [3.05, 3.63) is 101 Å². The van der Waals surface area contributed by atoms with Crippen molar-refractivity contribution in [2.75, 3.05) is 0 Å². The van der Waals surface area contributed by atoms with E-state index in [1.54, 1.807) is 18.0 Å². The summed E-state index contributed by atoms with van der Waals surface area (Å²) in [6.45, 7) is 2.35. The third-order valence-electron chi connectivity index (χ3n) is 4.30. The number of carbonyl (C=O) groups excluding carboxylic acids is 1. The number of nitrogens with one attached hydrogen (secondary N) is 1. The van der Waals surface area contributed by atoms with Gasteiger partial charge < -0.3 is 4.74 Å². The molecule has 0 fully saturated rings. The Balaban J connectivity index is 1.41. The van der Waals surface area contributed by atoms with Crippen LogP contribution >= 0.6 is 23.4 Å². The number of ether oxygens (including phenoxy) is 1. The normalized spacial score (nSPS) is 11.9. The zero-order valence-electron chi connectivity index (χ0n) is 16.6. The van der Waals surface area contributed by atoms with Gasteiger partial charge in [-0.05, 0) is 60.0 Å². The Bertz CT molecular complexity index is 961. The van der Waals surface area contributed by atoms with E-state index in [0.29, 0.717) is 11.6 Å². The van der Waals surface area contributed by atoms with Gasteiger partial charge in [0.25, 0.3) is 5.91 Å². The minimum absolute atomic E-state index is 0.116. The zero-order valence-corrected chi connectivity index (χ0v) is 18.2. The van der Waals surface area contributed by atoms with Gasteiger partial charge >= 0.3 is 0 Å². The molecule has 1 atom stereocenters. The summed E-state index contributed by atoms with van der Waals surface area (Å²) in [5, 5.41) is 4.58. The maximum absolute atomic E-state index is 12.2. The van der Waals surface area contributed by atoms with Gasteiger partial charge in [-0.1, -0.05) is 54.1 Å². The van der Waals surface area contributed by atoms with E-state index in [1.807, 2.05) is 73.7 Å². The number of hydrazone groups is 1. The van der Waals surface area contributed by atoms with Crippen molar-refractivity contribution in [1.82, 2.24) is 5.43 Å². The summed E-state index contributed by atoms with van der Waals surface area (Å²) in [5.41, 5.74) is 5.72. The van der Waals surface area contributed by atoms with E-state index in [1.165, 1.54) is 5.56 Å². The molecule has 0 spiro atoms. The molecular weight excluding hydrogens is 416 g/mol. The molecule has 1 unspecified atom stereocenters. The Labute approximate surface area is 186 Å². The van der Waals surface area contributed by atoms with Gasteiger partial charge in [0.1, 0.15) is 12.4 Å². The first-order valence-electron chi connectivity index (χ1n) is 9.56. The van der Waals surface area contributed by atoms with Crippen LogP contribution in [0.4, 0.5) is 0 Å². The van der Waals surface area contributed by atoms with Crippen LogP contribution in [0.3, 0.4) is 0 Å². The summed E-state index contributed by atoms with van der Waals surface area (Å²) < 4.78 is 5.76. The zero-order chi connectivity index (χ0) is 21.2. The largest absolute Gasteiger partial charge is 0.489 e. The highest BCUT2D eigenvalue weighted by Crippen LogP contribution is 2.18. The second kappa shape index (κ2) is 11.4. The van der Waals surface area contributed by atoms with E-state index < -0.39 is 0 Å². The van der Waals surface area contributed by atoms with Crippen LogP contribution in [0.1, 0.15) is 23.6 Å². The predicted octanol–water partition coefficient (Wildman–Crippen LogP) is 5.69. The first-order valence-corrected chi connectivity index (χ1v) is 11.0. The molecule has 0 saturated carbocycles. The highest BCUT2D eigenvalue weighted by molar-refractivity contribution is 7.99. The molecule has 0 aliphatic carbocycles. The molecule has 0 heterocycles. The molecule has 30 heavy (non-hydrogen) atoms. The number of rotatable bonds is 9. The van der Waals surface area contributed by atoms with Crippen molar-refractivity contribution in [3.63, 3.8) is 0 Å². The van der Waals surface area contributed by atoms with Crippen molar-refractivity contribution in [3.8, 4) is 5.75 Å². The van der Waals surface area contributed by atoms with Gasteiger partial charge in [-0.2, -0.15) is 5.10 Å². The fourth-order valence-corrected chi connectivity index (χ4v) is 3.49. The van der Waals surface area contributed by atoms with Crippen LogP contribution in [0, 0.1) is 0 Å². The number of amides is 1. The number of thioether (sulfide) groups is 1. The molecular formula is C24H23ClN2O2S. The third-order valence-corrected chi connectivity index (χ3v) is 5.77. The van der Waals surface area contributed by atoms with Gasteiger partial charge in [0.15, 0.2) is 0 Å². The van der Waals surface area contributed by atoms with Crippen LogP contribution in [0.5, 0.6) is 5.75 Å². The highest BCUT2D eigenvalue weighted by atomic mass is 35.5. The molecule has 154 valence electrons. The lowest BCUT2D eigenvalue weighted by molar-refractivity contribution is -0.120. The first kappa shape index (κ1) is 21.9. The Kier molecular flexibility index (Phi) is 8.36. The van der Waals surface area contributed by atoms with Crippen LogP contribution in [0.15, 0.2) is 84.0 Å². The summed E-state index contributed by atoms with van der Waals surface area (Å²) in [6, 6.07) is 25.2. The third kappa shape index (κ3) is 7.25. The number of carbonyl (C=O) groups is 1. The van der Waals surface area contributed by atoms with Crippen LogP contribution in [0.25, 0.3) is 0 Å². The summed E-state index contributed by atoms with van der Waals surface area (Å²) in [5.74, 6) is 1.43. The Morgan fingerprint density at radius 2 is 1.73 bits per heavy atom. The quantitative estimate of drug-likeness (QED) is 0.345. The summed E-state index contributed by atoms with van der Waals surface area (Å²) in [6.07, 6.45) is 1.62. The molecule has 6 heteroatoms. The smallest absolute Gasteiger partial charge is 0.252 e. The number of halogens is 1. The molecule has 1 N–H and O–H groups in total. The molecule has 0 saturated heterocycles. The van der Waals surface area contributed by atoms with Crippen LogP contribution in [-0.4, -0.2) is 17.4 Å². The maximum atomic E-state index is 12.2. The summed E-state index contributed by atoms with van der Waals surface area (Å²) in [7, 11) is 0. The molecule has 0 bridgehead atoms. The summed E-state index contributed by atoms with van der Waals surface area (Å²) >= 11 is 7.47. The lowest BCUT2D eigenvalue weighted by Gasteiger charge is -2.09. The van der Waals surface area contributed by atoms with Crippen LogP contribution < -0.4 is 10.2 Å². The van der Waals surface area contributed by atoms with Gasteiger partial charge in [-0.25, -0.2) is 5.43 Å². The standard InChI is InChI=1S/C24H23ClN2O2S/c1-18(30-17-21-5-3-2-4-6-21)24(28)27-26-15-19-9-13-23(14-10-19)29-16-20-7-11-22(25)12-8-20/h2-15,18H,16-17H2,1H3,(H,27,28). The Hall–Kier alpha value is -2.76. The Morgan fingerprint density at radius 3 is 2.43 bits per heavy atom. The molecule has 0 aliphatic heterocycles. The van der Waals surface area contributed by atoms with Crippen molar-refractivity contribution in [1.29, 1.82) is 0 Å². The fraction of sp³-hybridized carbons (Fsp3) is 0.167. The molecule has 0 aliphatic rings. The van der Waals surface area contributed by atoms with Gasteiger partial charge in [0, 0.05) is 10.8 Å². The summed E-state index contributed by atoms with van der Waals surface area (Å²) in [4.78, 5) is 12.2. The topological polar surface area (TPSA) is 50.7 Å².